The molecule has 0 fully saturated rings. The van der Waals surface area contributed by atoms with Crippen molar-refractivity contribution in [3.8, 4) is 28.5 Å². The van der Waals surface area contributed by atoms with Crippen molar-refractivity contribution in [2.45, 2.75) is 64.5 Å². The molecule has 51 heavy (non-hydrogen) atoms. The van der Waals surface area contributed by atoms with Gasteiger partial charge in [-0.15, -0.1) is 0 Å². The Balaban J connectivity index is 1.35. The third-order valence-electron chi connectivity index (χ3n) is 9.21. The summed E-state index contributed by atoms with van der Waals surface area (Å²) < 4.78 is 50.7. The number of hydrogen-bond acceptors (Lipinski definition) is 6. The summed E-state index contributed by atoms with van der Waals surface area (Å²) in [6.45, 7) is 2.65. The lowest BCUT2D eigenvalue weighted by molar-refractivity contribution is -0.137. The highest BCUT2D eigenvalue weighted by Crippen LogP contribution is 2.37. The Bertz CT molecular complexity index is 2360. The Hall–Kier alpha value is -5.65. The number of nitrogens with zero attached hydrogens (tertiary/aromatic N) is 5. The van der Waals surface area contributed by atoms with Gasteiger partial charge in [0.05, 0.1) is 34.9 Å². The van der Waals surface area contributed by atoms with Crippen LogP contribution in [0, 0.1) is 0 Å². The molecule has 0 bridgehead atoms. The van der Waals surface area contributed by atoms with Gasteiger partial charge in [0.1, 0.15) is 17.3 Å². The Kier molecular flexibility index (Phi) is 9.48. The van der Waals surface area contributed by atoms with Crippen LogP contribution in [0.3, 0.4) is 0 Å². The Morgan fingerprint density at radius 3 is 2.39 bits per heavy atom. The summed E-state index contributed by atoms with van der Waals surface area (Å²) in [5.74, 6) is 0.235. The highest BCUT2D eigenvalue weighted by Gasteiger charge is 2.34. The second-order valence-electron chi connectivity index (χ2n) is 12.7. The van der Waals surface area contributed by atoms with Crippen molar-refractivity contribution in [2.75, 3.05) is 12.3 Å². The molecule has 5 aromatic heterocycles. The Morgan fingerprint density at radius 1 is 0.824 bits per heavy atom. The number of nitrogens with two attached hydrogens (primary N) is 1. The first kappa shape index (κ1) is 33.8. The number of hydrogen-bond donors (Lipinski definition) is 2. The van der Waals surface area contributed by atoms with Crippen molar-refractivity contribution in [3.63, 3.8) is 0 Å². The fourth-order valence-electron chi connectivity index (χ4n) is 6.61. The summed E-state index contributed by atoms with van der Waals surface area (Å²) in [4.78, 5) is 31.1. The minimum Gasteiger partial charge on any atom is -0.476 e. The van der Waals surface area contributed by atoms with E-state index in [0.717, 1.165) is 36.2 Å². The van der Waals surface area contributed by atoms with Crippen molar-refractivity contribution in [1.82, 2.24) is 29.1 Å². The van der Waals surface area contributed by atoms with Gasteiger partial charge in [0, 0.05) is 34.2 Å². The number of imidazole rings is 1. The molecule has 7 aromatic rings. The molecule has 7 rings (SSSR count). The molecule has 0 saturated carbocycles. The van der Waals surface area contributed by atoms with Crippen LogP contribution in [0.15, 0.2) is 90.1 Å². The van der Waals surface area contributed by atoms with Crippen LogP contribution in [0.4, 0.5) is 19.0 Å². The fraction of sp³-hybridized carbons (Fsp3) is 0.282. The molecule has 0 radical (unpaired) electrons. The molecule has 0 amide bonds. The standard InChI is InChI=1S/C39H38F3N7O2/c1-2-3-4-5-6-7-8-11-19-51-37-32(15-12-18-44-37)49-35-28-20-25(27-21-29(39(40,41)42)36(43)46-23-27)16-17-31(28)45-24-33(35)48(38(49)50)34-22-26-13-9-10-14-30(26)47-34/h9-10,12-18,20-24,47H,2-8,11,19H2,1H3,(H2,43,46). The van der Waals surface area contributed by atoms with Crippen LogP contribution in [0.2, 0.25) is 0 Å². The van der Waals surface area contributed by atoms with Crippen molar-refractivity contribution in [3.05, 3.63) is 101 Å². The molecule has 0 unspecified atom stereocenters. The minimum atomic E-state index is -4.68. The molecular formula is C39H38F3N7O2. The van der Waals surface area contributed by atoms with Gasteiger partial charge in [0.2, 0.25) is 5.88 Å². The first-order valence-electron chi connectivity index (χ1n) is 17.3. The van der Waals surface area contributed by atoms with Gasteiger partial charge in [-0.2, -0.15) is 13.2 Å². The number of anilines is 1. The van der Waals surface area contributed by atoms with E-state index in [9.17, 15) is 18.0 Å². The van der Waals surface area contributed by atoms with Gasteiger partial charge < -0.3 is 15.5 Å². The Labute approximate surface area is 291 Å². The molecule has 2 aromatic carbocycles. The average Bonchev–Trinajstić information content (AvgIpc) is 3.68. The molecular weight excluding hydrogens is 655 g/mol. The van der Waals surface area contributed by atoms with Crippen LogP contribution < -0.4 is 16.2 Å². The number of nitrogens with one attached hydrogen (secondary N) is 1. The smallest absolute Gasteiger partial charge is 0.419 e. The number of aromatic nitrogens is 6. The van der Waals surface area contributed by atoms with Gasteiger partial charge in [0.15, 0.2) is 0 Å². The number of para-hydroxylation sites is 1. The van der Waals surface area contributed by atoms with E-state index in [1.54, 1.807) is 51.9 Å². The summed E-state index contributed by atoms with van der Waals surface area (Å²) in [6.07, 6.45) is 9.09. The number of ether oxygens (including phenoxy) is 1. The van der Waals surface area contributed by atoms with E-state index in [-0.39, 0.29) is 5.56 Å². The Morgan fingerprint density at radius 2 is 1.61 bits per heavy atom. The number of benzene rings is 2. The molecule has 0 aliphatic heterocycles. The molecule has 5 heterocycles. The van der Waals surface area contributed by atoms with Crippen LogP contribution in [-0.2, 0) is 6.18 Å². The number of H-pyrrole nitrogens is 1. The van der Waals surface area contributed by atoms with E-state index in [1.165, 1.54) is 38.3 Å². The minimum absolute atomic E-state index is 0.218. The molecule has 262 valence electrons. The normalized spacial score (nSPS) is 12.0. The summed E-state index contributed by atoms with van der Waals surface area (Å²) >= 11 is 0. The second kappa shape index (κ2) is 14.3. The van der Waals surface area contributed by atoms with Crippen LogP contribution in [0.25, 0.3) is 55.5 Å². The molecule has 0 aliphatic rings. The quantitative estimate of drug-likeness (QED) is 0.116. The first-order chi connectivity index (χ1) is 24.7. The number of halogens is 3. The number of fused-ring (bicyclic) bond motifs is 4. The van der Waals surface area contributed by atoms with Crippen LogP contribution >= 0.6 is 0 Å². The van der Waals surface area contributed by atoms with Gasteiger partial charge in [-0.1, -0.05) is 76.1 Å². The first-order valence-corrected chi connectivity index (χ1v) is 17.3. The zero-order valence-corrected chi connectivity index (χ0v) is 28.2. The molecule has 3 N–H and O–H groups in total. The van der Waals surface area contributed by atoms with Gasteiger partial charge in [-0.3, -0.25) is 9.55 Å². The molecule has 0 spiro atoms. The zero-order chi connectivity index (χ0) is 35.5. The van der Waals surface area contributed by atoms with Crippen molar-refractivity contribution >= 4 is 38.7 Å². The van der Waals surface area contributed by atoms with Crippen molar-refractivity contribution in [1.29, 1.82) is 0 Å². The number of pyridine rings is 3. The third-order valence-corrected chi connectivity index (χ3v) is 9.21. The number of nitrogen functional groups attached to an aromatic ring is 1. The predicted molar refractivity (Wildman–Crippen MR) is 195 cm³/mol. The molecule has 12 heteroatoms. The maximum atomic E-state index is 14.7. The van der Waals surface area contributed by atoms with E-state index in [0.29, 0.717) is 51.5 Å². The van der Waals surface area contributed by atoms with E-state index in [2.05, 4.69) is 26.9 Å². The average molecular weight is 694 g/mol. The zero-order valence-electron chi connectivity index (χ0n) is 28.2. The SMILES string of the molecule is CCCCCCCCCCOc1ncccc1-n1c(=O)n(-c2cc3ccccc3[nH]2)c2cnc3ccc(-c4cnc(N)c(C(F)(F)F)c4)cc3c21. The van der Waals surface area contributed by atoms with Crippen molar-refractivity contribution in [2.24, 2.45) is 0 Å². The number of alkyl halides is 3. The molecule has 0 aliphatic carbocycles. The van der Waals surface area contributed by atoms with Gasteiger partial charge in [0.25, 0.3) is 0 Å². The molecule has 0 saturated heterocycles. The van der Waals surface area contributed by atoms with E-state index in [1.807, 2.05) is 30.3 Å². The number of aromatic amines is 1. The lowest BCUT2D eigenvalue weighted by atomic mass is 10.0. The number of unbranched alkanes of at least 4 members (excludes halogenated alkanes) is 7. The highest BCUT2D eigenvalue weighted by atomic mass is 19.4. The third kappa shape index (κ3) is 6.78. The molecule has 0 atom stereocenters. The van der Waals surface area contributed by atoms with Crippen LogP contribution in [0.5, 0.6) is 5.88 Å². The van der Waals surface area contributed by atoms with Gasteiger partial charge in [-0.05, 0) is 54.4 Å². The number of rotatable bonds is 13. The van der Waals surface area contributed by atoms with E-state index < -0.39 is 23.2 Å². The monoisotopic (exact) mass is 693 g/mol. The van der Waals surface area contributed by atoms with Gasteiger partial charge in [-0.25, -0.2) is 19.3 Å². The lowest BCUT2D eigenvalue weighted by Gasteiger charge is -2.13. The topological polar surface area (TPSA) is 117 Å². The largest absolute Gasteiger partial charge is 0.476 e. The van der Waals surface area contributed by atoms with E-state index in [4.69, 9.17) is 10.5 Å². The summed E-state index contributed by atoms with van der Waals surface area (Å²) in [7, 11) is 0. The maximum Gasteiger partial charge on any atom is 0.419 e. The predicted octanol–water partition coefficient (Wildman–Crippen LogP) is 9.39. The summed E-state index contributed by atoms with van der Waals surface area (Å²) in [5.41, 5.74) is 7.66. The maximum absolute atomic E-state index is 14.7. The van der Waals surface area contributed by atoms with Gasteiger partial charge >= 0.3 is 11.9 Å². The van der Waals surface area contributed by atoms with Crippen LogP contribution in [-0.4, -0.2) is 35.7 Å². The summed E-state index contributed by atoms with van der Waals surface area (Å²) in [6, 6.07) is 19.2. The van der Waals surface area contributed by atoms with E-state index >= 15 is 0 Å². The van der Waals surface area contributed by atoms with Crippen molar-refractivity contribution < 1.29 is 17.9 Å². The lowest BCUT2D eigenvalue weighted by Crippen LogP contribution is -2.23. The molecule has 9 nitrogen and oxygen atoms in total. The highest BCUT2D eigenvalue weighted by molar-refractivity contribution is 6.05. The second-order valence-corrected chi connectivity index (χ2v) is 12.7. The summed E-state index contributed by atoms with van der Waals surface area (Å²) in [5, 5.41) is 1.46. The van der Waals surface area contributed by atoms with Crippen LogP contribution in [0.1, 0.15) is 63.9 Å². The fourth-order valence-corrected chi connectivity index (χ4v) is 6.61.